The Bertz CT molecular complexity index is 1500. The molecule has 6 rings (SSSR count). The maximum Gasteiger partial charge on any atom is 0.333 e. The summed E-state index contributed by atoms with van der Waals surface area (Å²) in [6, 6.07) is 0. The maximum atomic E-state index is 13.7. The van der Waals surface area contributed by atoms with Crippen LogP contribution in [0.4, 0.5) is 0 Å². The van der Waals surface area contributed by atoms with Crippen LogP contribution in [-0.2, 0) is 42.9 Å². The summed E-state index contributed by atoms with van der Waals surface area (Å²) in [4.78, 5) is 52.2. The Morgan fingerprint density at radius 1 is 0.938 bits per heavy atom. The summed E-state index contributed by atoms with van der Waals surface area (Å²) in [6.07, 6.45) is 8.09. The van der Waals surface area contributed by atoms with Crippen LogP contribution in [-0.4, -0.2) is 60.0 Å². The highest BCUT2D eigenvalue weighted by Gasteiger charge is 2.73. The molecule has 0 aromatic carbocycles. The average Bonchev–Trinajstić information content (AvgIpc) is 3.26. The first-order chi connectivity index (χ1) is 22.2. The van der Waals surface area contributed by atoms with Crippen LogP contribution in [0.5, 0.6) is 0 Å². The van der Waals surface area contributed by atoms with Crippen LogP contribution in [0.15, 0.2) is 35.5 Å². The van der Waals surface area contributed by atoms with Crippen molar-refractivity contribution in [2.75, 3.05) is 0 Å². The molecule has 0 amide bonds. The second-order valence-electron chi connectivity index (χ2n) is 17.1. The minimum Gasteiger partial charge on any atom is -0.462 e. The van der Waals surface area contributed by atoms with Crippen molar-refractivity contribution in [3.05, 3.63) is 35.5 Å². The lowest BCUT2D eigenvalue weighted by molar-refractivity contribution is -0.220. The first kappa shape index (κ1) is 35.1. The Kier molecular flexibility index (Phi) is 8.31. The number of ether oxygens (including phenoxy) is 5. The Morgan fingerprint density at radius 3 is 2.17 bits per heavy atom. The molecule has 0 aromatic heterocycles. The van der Waals surface area contributed by atoms with Gasteiger partial charge in [-0.25, -0.2) is 4.79 Å². The van der Waals surface area contributed by atoms with Crippen molar-refractivity contribution in [1.82, 2.24) is 0 Å². The minimum atomic E-state index is -0.732. The molecule has 0 spiro atoms. The van der Waals surface area contributed by atoms with Gasteiger partial charge in [-0.2, -0.15) is 0 Å². The Morgan fingerprint density at radius 2 is 1.58 bits per heavy atom. The third-order valence-corrected chi connectivity index (χ3v) is 13.6. The van der Waals surface area contributed by atoms with Gasteiger partial charge in [0.05, 0.1) is 11.7 Å². The van der Waals surface area contributed by atoms with Crippen LogP contribution in [0.25, 0.3) is 0 Å². The number of epoxide rings is 1. The molecular formula is C39H54O9. The normalized spacial score (nSPS) is 45.3. The molecule has 6 aliphatic rings. The van der Waals surface area contributed by atoms with Gasteiger partial charge in [0, 0.05) is 42.1 Å². The van der Waals surface area contributed by atoms with Crippen LogP contribution >= 0.6 is 0 Å². The molecule has 4 aliphatic carbocycles. The number of hydrogen-bond acceptors (Lipinski definition) is 9. The molecule has 48 heavy (non-hydrogen) atoms. The largest absolute Gasteiger partial charge is 0.462 e. The molecular weight excluding hydrogens is 612 g/mol. The molecule has 0 aromatic rings. The summed E-state index contributed by atoms with van der Waals surface area (Å²) in [5.74, 6) is -1.69. The predicted octanol–water partition coefficient (Wildman–Crippen LogP) is 6.44. The first-order valence-electron chi connectivity index (χ1n) is 17.7. The molecule has 0 radical (unpaired) electrons. The second kappa shape index (κ2) is 11.4. The van der Waals surface area contributed by atoms with Gasteiger partial charge >= 0.3 is 17.9 Å². The van der Waals surface area contributed by atoms with Crippen LogP contribution < -0.4 is 0 Å². The van der Waals surface area contributed by atoms with E-state index in [1.165, 1.54) is 19.4 Å². The van der Waals surface area contributed by atoms with E-state index in [4.69, 9.17) is 23.7 Å². The van der Waals surface area contributed by atoms with Crippen molar-refractivity contribution in [2.24, 2.45) is 45.3 Å². The lowest BCUT2D eigenvalue weighted by atomic mass is 9.37. The van der Waals surface area contributed by atoms with E-state index >= 15 is 0 Å². The zero-order valence-electron chi connectivity index (χ0n) is 30.5. The van der Waals surface area contributed by atoms with Gasteiger partial charge in [-0.05, 0) is 82.1 Å². The molecule has 0 unspecified atom stereocenters. The smallest absolute Gasteiger partial charge is 0.333 e. The quantitative estimate of drug-likeness (QED) is 0.104. The Labute approximate surface area is 285 Å². The summed E-state index contributed by atoms with van der Waals surface area (Å²) in [6.45, 7) is 21.1. The molecule has 2 heterocycles. The van der Waals surface area contributed by atoms with Crippen LogP contribution in [0.3, 0.4) is 0 Å². The fraction of sp³-hybridized carbons (Fsp3) is 0.744. The van der Waals surface area contributed by atoms with E-state index in [9.17, 15) is 19.2 Å². The Hall–Kier alpha value is -2.78. The number of allylic oxidation sites excluding steroid dienone is 4. The molecule has 2 aliphatic heterocycles. The van der Waals surface area contributed by atoms with Crippen molar-refractivity contribution >= 4 is 23.7 Å². The zero-order valence-corrected chi connectivity index (χ0v) is 30.5. The highest BCUT2D eigenvalue weighted by atomic mass is 16.7. The SMILES string of the molecule is C/C=C(\C)C(=O)O[C@@H]1C[C@]2(C)C(=CC[C@H]2[C@@H]2C[C@@H]([C@@H]3OC3(C)C)O[C@@H]2OC(C)=O)[C@@]2(C)[C@H]1[C@@]1(C)C=CC(=O)C(C)(C)[C@@H]1C[C@H]2OC(C)=O. The van der Waals surface area contributed by atoms with E-state index < -0.39 is 46.1 Å². The summed E-state index contributed by atoms with van der Waals surface area (Å²) >= 11 is 0. The van der Waals surface area contributed by atoms with Gasteiger partial charge in [0.1, 0.15) is 18.3 Å². The van der Waals surface area contributed by atoms with Crippen molar-refractivity contribution in [3.8, 4) is 0 Å². The Balaban J connectivity index is 1.48. The van der Waals surface area contributed by atoms with Gasteiger partial charge in [-0.1, -0.05) is 58.4 Å². The average molecular weight is 667 g/mol. The summed E-state index contributed by atoms with van der Waals surface area (Å²) in [5.41, 5.74) is -1.10. The minimum absolute atomic E-state index is 0.00562. The lowest BCUT2D eigenvalue weighted by Crippen LogP contribution is -2.68. The molecule has 12 atom stereocenters. The van der Waals surface area contributed by atoms with E-state index in [1.807, 2.05) is 40.7 Å². The fourth-order valence-electron chi connectivity index (χ4n) is 11.2. The molecule has 0 N–H and O–H groups in total. The van der Waals surface area contributed by atoms with E-state index in [0.29, 0.717) is 31.3 Å². The summed E-state index contributed by atoms with van der Waals surface area (Å²) in [7, 11) is 0. The zero-order chi connectivity index (χ0) is 35.4. The van der Waals surface area contributed by atoms with E-state index in [-0.39, 0.29) is 59.2 Å². The number of carbonyl (C=O) groups is 4. The third-order valence-electron chi connectivity index (χ3n) is 13.6. The molecule has 4 fully saturated rings. The maximum absolute atomic E-state index is 13.7. The third kappa shape index (κ3) is 5.16. The van der Waals surface area contributed by atoms with Crippen molar-refractivity contribution in [2.45, 2.75) is 138 Å². The number of hydrogen-bond donors (Lipinski definition) is 0. The van der Waals surface area contributed by atoms with Gasteiger partial charge in [0.25, 0.3) is 0 Å². The molecule has 2 saturated heterocycles. The lowest BCUT2D eigenvalue weighted by Gasteiger charge is -2.67. The van der Waals surface area contributed by atoms with Crippen molar-refractivity contribution in [3.63, 3.8) is 0 Å². The topological polar surface area (TPSA) is 118 Å². The van der Waals surface area contributed by atoms with Gasteiger partial charge in [-0.15, -0.1) is 0 Å². The number of rotatable bonds is 6. The van der Waals surface area contributed by atoms with Crippen molar-refractivity contribution < 1.29 is 42.9 Å². The fourth-order valence-corrected chi connectivity index (χ4v) is 11.2. The van der Waals surface area contributed by atoms with Gasteiger partial charge < -0.3 is 23.7 Å². The summed E-state index contributed by atoms with van der Waals surface area (Å²) < 4.78 is 31.2. The number of carbonyl (C=O) groups excluding carboxylic acids is 4. The van der Waals surface area contributed by atoms with Crippen LogP contribution in [0.2, 0.25) is 0 Å². The standard InChI is InChI=1S/C39H54O9/c1-12-20(2)33(43)46-26-19-38(10)24(23-17-25(32-36(7,8)48-32)47-34(23)45-22(4)41)13-14-27(38)39(11)30(44-21(3)40)18-28-35(5,6)29(42)15-16-37(28,9)31(26)39/h12,14-16,23-26,28,30-32,34H,13,17-19H2,1-11H3/b20-12+/t23-,24-,25-,26+,28-,30+,31+,32-,34-,37-,38-,39+/m0/s1. The van der Waals surface area contributed by atoms with Crippen LogP contribution in [0.1, 0.15) is 102 Å². The number of fused-ring (bicyclic) bond motifs is 5. The molecule has 264 valence electrons. The van der Waals surface area contributed by atoms with E-state index in [0.717, 1.165) is 0 Å². The highest BCUT2D eigenvalue weighted by molar-refractivity contribution is 5.96. The van der Waals surface area contributed by atoms with Gasteiger partial charge in [0.2, 0.25) is 6.29 Å². The van der Waals surface area contributed by atoms with Gasteiger partial charge in [-0.3, -0.25) is 14.4 Å². The number of esters is 3. The van der Waals surface area contributed by atoms with E-state index in [1.54, 1.807) is 19.1 Å². The predicted molar refractivity (Wildman–Crippen MR) is 177 cm³/mol. The molecule has 2 saturated carbocycles. The molecule has 9 heteroatoms. The van der Waals surface area contributed by atoms with E-state index in [2.05, 4.69) is 26.8 Å². The van der Waals surface area contributed by atoms with Crippen LogP contribution in [0, 0.1) is 45.3 Å². The molecule has 9 nitrogen and oxygen atoms in total. The first-order valence-corrected chi connectivity index (χ1v) is 17.7. The molecule has 0 bridgehead atoms. The summed E-state index contributed by atoms with van der Waals surface area (Å²) in [5, 5.41) is 0. The van der Waals surface area contributed by atoms with Gasteiger partial charge in [0.15, 0.2) is 5.78 Å². The number of ketones is 1. The highest BCUT2D eigenvalue weighted by Crippen LogP contribution is 2.73. The second-order valence-corrected chi connectivity index (χ2v) is 17.1. The van der Waals surface area contributed by atoms with Crippen molar-refractivity contribution in [1.29, 1.82) is 0 Å². The monoisotopic (exact) mass is 666 g/mol.